The van der Waals surface area contributed by atoms with Crippen molar-refractivity contribution in [3.05, 3.63) is 64.4 Å². The molecule has 1 aliphatic rings. The van der Waals surface area contributed by atoms with Gasteiger partial charge in [-0.2, -0.15) is 0 Å². The molecule has 2 unspecified atom stereocenters. The van der Waals surface area contributed by atoms with E-state index in [0.717, 1.165) is 24.3 Å². The largest absolute Gasteiger partial charge is 0.327 e. The van der Waals surface area contributed by atoms with Gasteiger partial charge in [-0.15, -0.1) is 0 Å². The van der Waals surface area contributed by atoms with Crippen molar-refractivity contribution in [2.75, 3.05) is 0 Å². The number of aromatic nitrogens is 1. The maximum Gasteiger partial charge on any atom is 0.0482 e. The highest BCUT2D eigenvalue weighted by atomic mass is 35.5. The number of benzene rings is 1. The zero-order valence-corrected chi connectivity index (χ0v) is 12.2. The van der Waals surface area contributed by atoms with Gasteiger partial charge in [0.25, 0.3) is 0 Å². The predicted molar refractivity (Wildman–Crippen MR) is 83.0 cm³/mol. The molecule has 1 aromatic carbocycles. The third kappa shape index (κ3) is 2.87. The quantitative estimate of drug-likeness (QED) is 0.934. The van der Waals surface area contributed by atoms with Crippen LogP contribution in [0, 0.1) is 0 Å². The standard InChI is InChI=1S/C17H19ClN2/c18-14-8-6-12(7-9-14)11-16(19)15-5-1-3-13-4-2-10-20-17(13)15/h2,4,6-10,15-16H,1,3,5,11,19H2. The van der Waals surface area contributed by atoms with Gasteiger partial charge in [0.15, 0.2) is 0 Å². The zero-order chi connectivity index (χ0) is 13.9. The van der Waals surface area contributed by atoms with Crippen LogP contribution in [0.1, 0.15) is 35.6 Å². The highest BCUT2D eigenvalue weighted by Crippen LogP contribution is 2.32. The van der Waals surface area contributed by atoms with E-state index < -0.39 is 0 Å². The molecule has 1 aliphatic carbocycles. The molecule has 0 saturated heterocycles. The molecule has 1 heterocycles. The lowest BCUT2D eigenvalue weighted by Crippen LogP contribution is -2.33. The van der Waals surface area contributed by atoms with Gasteiger partial charge < -0.3 is 5.73 Å². The van der Waals surface area contributed by atoms with Crippen molar-refractivity contribution in [3.63, 3.8) is 0 Å². The van der Waals surface area contributed by atoms with E-state index in [4.69, 9.17) is 17.3 Å². The molecule has 0 spiro atoms. The monoisotopic (exact) mass is 286 g/mol. The number of hydrogen-bond donors (Lipinski definition) is 1. The third-order valence-corrected chi connectivity index (χ3v) is 4.39. The molecule has 2 nitrogen and oxygen atoms in total. The van der Waals surface area contributed by atoms with Crippen molar-refractivity contribution in [1.29, 1.82) is 0 Å². The van der Waals surface area contributed by atoms with Gasteiger partial charge in [-0.1, -0.05) is 29.8 Å². The maximum atomic E-state index is 6.46. The number of nitrogens with zero attached hydrogens (tertiary/aromatic N) is 1. The van der Waals surface area contributed by atoms with Crippen LogP contribution in [0.5, 0.6) is 0 Å². The molecular weight excluding hydrogens is 268 g/mol. The van der Waals surface area contributed by atoms with Crippen molar-refractivity contribution < 1.29 is 0 Å². The van der Waals surface area contributed by atoms with E-state index in [1.165, 1.54) is 23.2 Å². The Hall–Kier alpha value is -1.38. The Morgan fingerprint density at radius 2 is 2.05 bits per heavy atom. The highest BCUT2D eigenvalue weighted by Gasteiger charge is 2.26. The number of aryl methyl sites for hydroxylation is 1. The van der Waals surface area contributed by atoms with Gasteiger partial charge in [-0.05, 0) is 55.0 Å². The number of pyridine rings is 1. The minimum atomic E-state index is 0.116. The second-order valence-corrected chi connectivity index (χ2v) is 5.98. The van der Waals surface area contributed by atoms with Gasteiger partial charge in [-0.25, -0.2) is 0 Å². The lowest BCUT2D eigenvalue weighted by atomic mass is 9.80. The summed E-state index contributed by atoms with van der Waals surface area (Å²) in [4.78, 5) is 4.58. The first-order valence-corrected chi connectivity index (χ1v) is 7.55. The van der Waals surface area contributed by atoms with Gasteiger partial charge in [-0.3, -0.25) is 4.98 Å². The Bertz CT molecular complexity index is 580. The van der Waals surface area contributed by atoms with Gasteiger partial charge in [0.1, 0.15) is 0 Å². The van der Waals surface area contributed by atoms with Gasteiger partial charge >= 0.3 is 0 Å². The minimum Gasteiger partial charge on any atom is -0.327 e. The normalized spacial score (nSPS) is 19.4. The molecule has 0 saturated carbocycles. The van der Waals surface area contributed by atoms with Crippen molar-refractivity contribution >= 4 is 11.6 Å². The second-order valence-electron chi connectivity index (χ2n) is 5.54. The molecule has 104 valence electrons. The highest BCUT2D eigenvalue weighted by molar-refractivity contribution is 6.30. The Morgan fingerprint density at radius 1 is 1.25 bits per heavy atom. The number of nitrogens with two attached hydrogens (primary N) is 1. The SMILES string of the molecule is NC(Cc1ccc(Cl)cc1)C1CCCc2cccnc21. The molecular formula is C17H19ClN2. The van der Waals surface area contributed by atoms with Gasteiger partial charge in [0, 0.05) is 28.9 Å². The van der Waals surface area contributed by atoms with Gasteiger partial charge in [0.2, 0.25) is 0 Å². The van der Waals surface area contributed by atoms with Crippen LogP contribution in [0.25, 0.3) is 0 Å². The van der Waals surface area contributed by atoms with Crippen molar-refractivity contribution in [2.24, 2.45) is 5.73 Å². The summed E-state index contributed by atoms with van der Waals surface area (Å²) in [6.45, 7) is 0. The lowest BCUT2D eigenvalue weighted by molar-refractivity contribution is 0.449. The molecule has 2 aromatic rings. The molecule has 3 heteroatoms. The lowest BCUT2D eigenvalue weighted by Gasteiger charge is -2.29. The number of rotatable bonds is 3. The summed E-state index contributed by atoms with van der Waals surface area (Å²) in [5, 5.41) is 0.770. The topological polar surface area (TPSA) is 38.9 Å². The second kappa shape index (κ2) is 5.94. The minimum absolute atomic E-state index is 0.116. The molecule has 2 N–H and O–H groups in total. The summed E-state index contributed by atoms with van der Waals surface area (Å²) in [6, 6.07) is 12.3. The maximum absolute atomic E-state index is 6.46. The van der Waals surface area contributed by atoms with E-state index in [0.29, 0.717) is 5.92 Å². The summed E-state index contributed by atoms with van der Waals surface area (Å²) < 4.78 is 0. The predicted octanol–water partition coefficient (Wildman–Crippen LogP) is 3.72. The first-order chi connectivity index (χ1) is 9.74. The fraction of sp³-hybridized carbons (Fsp3) is 0.353. The van der Waals surface area contributed by atoms with Crippen LogP contribution in [0.4, 0.5) is 0 Å². The summed E-state index contributed by atoms with van der Waals surface area (Å²) in [5.74, 6) is 0.371. The van der Waals surface area contributed by atoms with E-state index in [1.54, 1.807) is 0 Å². The molecule has 20 heavy (non-hydrogen) atoms. The summed E-state index contributed by atoms with van der Waals surface area (Å²) in [5.41, 5.74) is 10.3. The van der Waals surface area contributed by atoms with Crippen LogP contribution in [-0.4, -0.2) is 11.0 Å². The molecule has 0 aliphatic heterocycles. The van der Waals surface area contributed by atoms with E-state index in [-0.39, 0.29) is 6.04 Å². The number of hydrogen-bond acceptors (Lipinski definition) is 2. The average molecular weight is 287 g/mol. The van der Waals surface area contributed by atoms with Crippen LogP contribution >= 0.6 is 11.6 Å². The average Bonchev–Trinajstić information content (AvgIpc) is 2.49. The Kier molecular flexibility index (Phi) is 4.04. The fourth-order valence-electron chi connectivity index (χ4n) is 3.10. The van der Waals surface area contributed by atoms with Gasteiger partial charge in [0.05, 0.1) is 0 Å². The van der Waals surface area contributed by atoms with Crippen molar-refractivity contribution in [1.82, 2.24) is 4.98 Å². The number of halogens is 1. The molecule has 0 amide bonds. The molecule has 1 aromatic heterocycles. The molecule has 0 fully saturated rings. The van der Waals surface area contributed by atoms with E-state index in [1.807, 2.05) is 24.4 Å². The Balaban J connectivity index is 1.78. The van der Waals surface area contributed by atoms with Crippen LogP contribution in [0.15, 0.2) is 42.6 Å². The first-order valence-electron chi connectivity index (χ1n) is 7.18. The van der Waals surface area contributed by atoms with Crippen LogP contribution in [-0.2, 0) is 12.8 Å². The van der Waals surface area contributed by atoms with Crippen LogP contribution in [0.2, 0.25) is 5.02 Å². The summed E-state index contributed by atoms with van der Waals surface area (Å²) in [7, 11) is 0. The van der Waals surface area contributed by atoms with Crippen LogP contribution < -0.4 is 5.73 Å². The van der Waals surface area contributed by atoms with Crippen molar-refractivity contribution in [2.45, 2.75) is 37.6 Å². The van der Waals surface area contributed by atoms with Crippen LogP contribution in [0.3, 0.4) is 0 Å². The molecule has 0 bridgehead atoms. The van der Waals surface area contributed by atoms with E-state index in [9.17, 15) is 0 Å². The summed E-state index contributed by atoms with van der Waals surface area (Å²) in [6.07, 6.45) is 6.23. The first kappa shape index (κ1) is 13.6. The molecule has 0 radical (unpaired) electrons. The fourth-order valence-corrected chi connectivity index (χ4v) is 3.22. The van der Waals surface area contributed by atoms with Crippen molar-refractivity contribution in [3.8, 4) is 0 Å². The smallest absolute Gasteiger partial charge is 0.0482 e. The Labute approximate surface area is 125 Å². The number of fused-ring (bicyclic) bond motifs is 1. The summed E-state index contributed by atoms with van der Waals surface area (Å²) >= 11 is 5.92. The zero-order valence-electron chi connectivity index (χ0n) is 11.4. The van der Waals surface area contributed by atoms with E-state index >= 15 is 0 Å². The molecule has 2 atom stereocenters. The molecule has 3 rings (SSSR count). The Morgan fingerprint density at radius 3 is 2.85 bits per heavy atom. The third-order valence-electron chi connectivity index (χ3n) is 4.14. The van der Waals surface area contributed by atoms with E-state index in [2.05, 4.69) is 23.2 Å².